The summed E-state index contributed by atoms with van der Waals surface area (Å²) in [6.45, 7) is 6.31. The molecule has 1 nitrogen and oxygen atoms in total. The van der Waals surface area contributed by atoms with E-state index in [1.165, 1.54) is 24.3 Å². The zero-order valence-corrected chi connectivity index (χ0v) is 9.05. The summed E-state index contributed by atoms with van der Waals surface area (Å²) in [5, 5.41) is 3.37. The molecule has 0 aromatic rings. The molecule has 0 aromatic carbocycles. The number of thioether (sulfide) groups is 1. The minimum absolute atomic E-state index is 0.450. The molecule has 1 N–H and O–H groups in total. The van der Waals surface area contributed by atoms with E-state index in [1.54, 1.807) is 0 Å². The molecule has 1 rings (SSSR count). The lowest BCUT2D eigenvalue weighted by molar-refractivity contribution is 0.358. The highest BCUT2D eigenvalue weighted by molar-refractivity contribution is 7.99. The van der Waals surface area contributed by atoms with Gasteiger partial charge in [-0.2, -0.15) is 11.8 Å². The highest BCUT2D eigenvalue weighted by Crippen LogP contribution is 2.25. The van der Waals surface area contributed by atoms with Crippen molar-refractivity contribution in [1.82, 2.24) is 5.32 Å². The highest BCUT2D eigenvalue weighted by Gasteiger charge is 2.23. The van der Waals surface area contributed by atoms with Crippen LogP contribution in [0.25, 0.3) is 0 Å². The Bertz CT molecular complexity index is 87.6. The summed E-state index contributed by atoms with van der Waals surface area (Å²) < 4.78 is 0. The molecule has 0 aromatic heterocycles. The summed E-state index contributed by atoms with van der Waals surface area (Å²) in [5.41, 5.74) is 0.450. The molecule has 0 atom stereocenters. The van der Waals surface area contributed by atoms with Crippen LogP contribution in [0.1, 0.15) is 33.6 Å². The fraction of sp³-hybridized carbons (Fsp3) is 1.00. The average Bonchev–Trinajstić information content (AvgIpc) is 2.10. The van der Waals surface area contributed by atoms with Crippen molar-refractivity contribution in [3.05, 3.63) is 0 Å². The third kappa shape index (κ3) is 4.02. The molecule has 11 heavy (non-hydrogen) atoms. The Kier molecular flexibility index (Phi) is 6.06. The predicted molar refractivity (Wildman–Crippen MR) is 55.4 cm³/mol. The number of hydrogen-bond acceptors (Lipinski definition) is 2. The Labute approximate surface area is 75.3 Å². The largest absolute Gasteiger partial charge is 0.314 e. The average molecular weight is 175 g/mol. The molecule has 2 heteroatoms. The van der Waals surface area contributed by atoms with Gasteiger partial charge >= 0.3 is 0 Å². The van der Waals surface area contributed by atoms with Crippen molar-refractivity contribution in [3.8, 4) is 0 Å². The van der Waals surface area contributed by atoms with E-state index in [1.807, 2.05) is 13.8 Å². The third-order valence-electron chi connectivity index (χ3n) is 2.20. The van der Waals surface area contributed by atoms with Crippen molar-refractivity contribution in [2.75, 3.05) is 18.6 Å². The van der Waals surface area contributed by atoms with Crippen LogP contribution in [0.2, 0.25) is 0 Å². The number of nitrogens with one attached hydrogen (secondary N) is 1. The Morgan fingerprint density at radius 2 is 1.64 bits per heavy atom. The fourth-order valence-electron chi connectivity index (χ4n) is 1.07. The van der Waals surface area contributed by atoms with Crippen molar-refractivity contribution >= 4 is 11.8 Å². The maximum Gasteiger partial charge on any atom is 0.0166 e. The van der Waals surface area contributed by atoms with Gasteiger partial charge in [0.05, 0.1) is 0 Å². The molecule has 0 saturated carbocycles. The van der Waals surface area contributed by atoms with E-state index >= 15 is 0 Å². The van der Waals surface area contributed by atoms with E-state index in [0.29, 0.717) is 5.54 Å². The molecular formula is C9H21NS. The maximum atomic E-state index is 3.37. The maximum absolute atomic E-state index is 3.37. The topological polar surface area (TPSA) is 12.0 Å². The molecule has 1 fully saturated rings. The van der Waals surface area contributed by atoms with Crippen LogP contribution in [0.5, 0.6) is 0 Å². The molecule has 0 aliphatic carbocycles. The first-order valence-electron chi connectivity index (χ1n) is 4.53. The van der Waals surface area contributed by atoms with Crippen LogP contribution in [0, 0.1) is 0 Å². The Hall–Kier alpha value is 0.310. The molecular weight excluding hydrogens is 154 g/mol. The smallest absolute Gasteiger partial charge is 0.0166 e. The summed E-state index contributed by atoms with van der Waals surface area (Å²) in [4.78, 5) is 0. The van der Waals surface area contributed by atoms with Gasteiger partial charge in [-0.25, -0.2) is 0 Å². The SMILES string of the molecule is CC.CNC1(C)CCSCC1. The molecule has 1 heterocycles. The van der Waals surface area contributed by atoms with E-state index in [-0.39, 0.29) is 0 Å². The van der Waals surface area contributed by atoms with Gasteiger partial charge in [0.25, 0.3) is 0 Å². The normalized spacial score (nSPS) is 21.8. The molecule has 1 aliphatic heterocycles. The minimum atomic E-state index is 0.450. The van der Waals surface area contributed by atoms with Crippen molar-refractivity contribution in [2.24, 2.45) is 0 Å². The number of hydrogen-bond donors (Lipinski definition) is 1. The van der Waals surface area contributed by atoms with Crippen LogP contribution in [-0.2, 0) is 0 Å². The lowest BCUT2D eigenvalue weighted by atomic mass is 9.95. The molecule has 68 valence electrons. The fourth-order valence-corrected chi connectivity index (χ4v) is 2.47. The standard InChI is InChI=1S/C7H15NS.C2H6/c1-7(8-2)3-5-9-6-4-7;1-2/h8H,3-6H2,1-2H3;1-2H3. The lowest BCUT2D eigenvalue weighted by Gasteiger charge is -2.32. The van der Waals surface area contributed by atoms with Gasteiger partial charge in [0.1, 0.15) is 0 Å². The van der Waals surface area contributed by atoms with Crippen LogP contribution in [0.4, 0.5) is 0 Å². The second-order valence-corrected chi connectivity index (χ2v) is 4.15. The van der Waals surface area contributed by atoms with Gasteiger partial charge in [-0.05, 0) is 38.3 Å². The van der Waals surface area contributed by atoms with Crippen LogP contribution in [0.15, 0.2) is 0 Å². The van der Waals surface area contributed by atoms with Crippen molar-refractivity contribution < 1.29 is 0 Å². The monoisotopic (exact) mass is 175 g/mol. The molecule has 0 spiro atoms. The summed E-state index contributed by atoms with van der Waals surface area (Å²) >= 11 is 2.07. The highest BCUT2D eigenvalue weighted by atomic mass is 32.2. The molecule has 0 bridgehead atoms. The van der Waals surface area contributed by atoms with Gasteiger partial charge in [-0.1, -0.05) is 13.8 Å². The Morgan fingerprint density at radius 3 is 1.91 bits per heavy atom. The zero-order valence-electron chi connectivity index (χ0n) is 8.24. The summed E-state index contributed by atoms with van der Waals surface area (Å²) in [5.74, 6) is 2.66. The first-order chi connectivity index (χ1) is 5.27. The lowest BCUT2D eigenvalue weighted by Crippen LogP contribution is -2.42. The molecule has 1 saturated heterocycles. The first kappa shape index (κ1) is 11.3. The quantitative estimate of drug-likeness (QED) is 0.657. The second-order valence-electron chi connectivity index (χ2n) is 2.92. The van der Waals surface area contributed by atoms with E-state index in [2.05, 4.69) is 31.1 Å². The molecule has 0 unspecified atom stereocenters. The van der Waals surface area contributed by atoms with Gasteiger partial charge < -0.3 is 5.32 Å². The van der Waals surface area contributed by atoms with Crippen molar-refractivity contribution in [3.63, 3.8) is 0 Å². The van der Waals surface area contributed by atoms with E-state index in [0.717, 1.165) is 0 Å². The molecule has 0 amide bonds. The van der Waals surface area contributed by atoms with Crippen LogP contribution < -0.4 is 5.32 Å². The molecule has 0 radical (unpaired) electrons. The second kappa shape index (κ2) is 5.90. The third-order valence-corrected chi connectivity index (χ3v) is 3.19. The van der Waals surface area contributed by atoms with Crippen LogP contribution in [0.3, 0.4) is 0 Å². The van der Waals surface area contributed by atoms with Gasteiger partial charge in [0.2, 0.25) is 0 Å². The van der Waals surface area contributed by atoms with Gasteiger partial charge in [-0.15, -0.1) is 0 Å². The van der Waals surface area contributed by atoms with E-state index in [4.69, 9.17) is 0 Å². The molecule has 1 aliphatic rings. The summed E-state index contributed by atoms with van der Waals surface area (Å²) in [6.07, 6.45) is 2.66. The zero-order chi connectivity index (χ0) is 8.74. The van der Waals surface area contributed by atoms with E-state index in [9.17, 15) is 0 Å². The van der Waals surface area contributed by atoms with Crippen LogP contribution in [-0.4, -0.2) is 24.1 Å². The summed E-state index contributed by atoms with van der Waals surface area (Å²) in [7, 11) is 2.07. The van der Waals surface area contributed by atoms with E-state index < -0.39 is 0 Å². The van der Waals surface area contributed by atoms with Crippen molar-refractivity contribution in [1.29, 1.82) is 0 Å². The number of rotatable bonds is 1. The van der Waals surface area contributed by atoms with Gasteiger partial charge in [0, 0.05) is 5.54 Å². The van der Waals surface area contributed by atoms with Gasteiger partial charge in [-0.3, -0.25) is 0 Å². The predicted octanol–water partition coefficient (Wildman–Crippen LogP) is 2.52. The Morgan fingerprint density at radius 1 is 1.18 bits per heavy atom. The van der Waals surface area contributed by atoms with Gasteiger partial charge in [0.15, 0.2) is 0 Å². The minimum Gasteiger partial charge on any atom is -0.314 e. The Balaban J connectivity index is 0.000000461. The first-order valence-corrected chi connectivity index (χ1v) is 5.69. The summed E-state index contributed by atoms with van der Waals surface area (Å²) in [6, 6.07) is 0. The van der Waals surface area contributed by atoms with Crippen LogP contribution >= 0.6 is 11.8 Å². The van der Waals surface area contributed by atoms with Crippen molar-refractivity contribution in [2.45, 2.75) is 39.2 Å².